The number of hydrogen-bond donors (Lipinski definition) is 8. The highest BCUT2D eigenvalue weighted by molar-refractivity contribution is 6.47. The van der Waals surface area contributed by atoms with E-state index >= 15 is 0 Å². The van der Waals surface area contributed by atoms with Crippen LogP contribution in [0.5, 0.6) is 0 Å². The van der Waals surface area contributed by atoms with Crippen LogP contribution in [-0.2, 0) is 34.9 Å². The van der Waals surface area contributed by atoms with E-state index in [1.165, 1.54) is 19.4 Å². The van der Waals surface area contributed by atoms with Crippen molar-refractivity contribution in [2.24, 2.45) is 28.7 Å². The van der Waals surface area contributed by atoms with Gasteiger partial charge in [0, 0.05) is 5.56 Å². The van der Waals surface area contributed by atoms with Gasteiger partial charge in [-0.3, -0.25) is 24.0 Å². The Kier molecular flexibility index (Phi) is 16.8. The quantitative estimate of drug-likeness (QED) is 0.0637. The lowest BCUT2D eigenvalue weighted by Gasteiger charge is -2.64. The Morgan fingerprint density at radius 3 is 1.98 bits per heavy atom. The van der Waals surface area contributed by atoms with E-state index in [0.29, 0.717) is 36.8 Å². The monoisotopic (exact) mass is 860 g/mol. The first kappa shape index (κ1) is 48.7. The molecular weight excluding hydrogens is 789 g/mol. The molecule has 0 spiro atoms. The van der Waals surface area contributed by atoms with Gasteiger partial charge in [-0.1, -0.05) is 63.6 Å². The lowest BCUT2D eigenvalue weighted by Crippen LogP contribution is -2.65. The Balaban J connectivity index is 1.15. The molecule has 6 rings (SSSR count). The lowest BCUT2D eigenvalue weighted by atomic mass is 9.43. The van der Waals surface area contributed by atoms with Crippen molar-refractivity contribution < 1.29 is 38.4 Å². The number of amides is 5. The Bertz CT molecular complexity index is 1860. The molecule has 5 amide bonds. The van der Waals surface area contributed by atoms with Crippen molar-refractivity contribution in [3.8, 4) is 11.1 Å². The zero-order valence-corrected chi connectivity index (χ0v) is 37.6. The summed E-state index contributed by atoms with van der Waals surface area (Å²) in [5.41, 5.74) is 14.8. The van der Waals surface area contributed by atoms with E-state index in [2.05, 4.69) is 78.5 Å². The Morgan fingerprint density at radius 1 is 0.758 bits per heavy atom. The maximum atomic E-state index is 13.7. The number of carbonyl (C=O) groups excluding carboxylic acids is 5. The average molecular weight is 860 g/mol. The second-order valence-electron chi connectivity index (χ2n) is 18.4. The molecule has 2 aromatic carbocycles. The minimum atomic E-state index is -1.48. The van der Waals surface area contributed by atoms with Crippen LogP contribution in [0.3, 0.4) is 0 Å². The molecule has 15 nitrogen and oxygen atoms in total. The van der Waals surface area contributed by atoms with Gasteiger partial charge in [0.05, 0.1) is 23.8 Å². The van der Waals surface area contributed by atoms with Gasteiger partial charge < -0.3 is 52.5 Å². The second-order valence-corrected chi connectivity index (χ2v) is 18.4. The summed E-state index contributed by atoms with van der Waals surface area (Å²) in [6.07, 6.45) is 5.32. The van der Waals surface area contributed by atoms with Crippen LogP contribution in [0.25, 0.3) is 11.1 Å². The number of carbonyl (C=O) groups is 5. The van der Waals surface area contributed by atoms with Crippen molar-refractivity contribution in [1.82, 2.24) is 26.6 Å². The summed E-state index contributed by atoms with van der Waals surface area (Å²) in [4.78, 5) is 67.5. The fraction of sp³-hybridized carbons (Fsp3) is 0.630. The Hall–Kier alpha value is -4.35. The van der Waals surface area contributed by atoms with Crippen molar-refractivity contribution in [3.63, 3.8) is 0 Å². The first-order valence-electron chi connectivity index (χ1n) is 22.6. The van der Waals surface area contributed by atoms with E-state index in [1.54, 1.807) is 19.1 Å². The highest BCUT2D eigenvalue weighted by Gasteiger charge is 2.68. The summed E-state index contributed by atoms with van der Waals surface area (Å²) < 4.78 is 12.8. The Morgan fingerprint density at radius 2 is 1.39 bits per heavy atom. The number of aliphatic hydroxyl groups is 1. The average Bonchev–Trinajstić information content (AvgIpc) is 3.61. The van der Waals surface area contributed by atoms with Gasteiger partial charge in [0.15, 0.2) is 0 Å². The molecule has 4 fully saturated rings. The molecule has 3 saturated carbocycles. The van der Waals surface area contributed by atoms with Crippen LogP contribution in [0.15, 0.2) is 48.5 Å². The second kappa shape index (κ2) is 21.4. The summed E-state index contributed by atoms with van der Waals surface area (Å²) in [6.45, 7) is 13.9. The van der Waals surface area contributed by atoms with Crippen molar-refractivity contribution >= 4 is 36.7 Å². The molecule has 3 aliphatic carbocycles. The molecule has 1 aliphatic heterocycles. The van der Waals surface area contributed by atoms with Crippen LogP contribution in [0.1, 0.15) is 116 Å². The van der Waals surface area contributed by atoms with E-state index in [9.17, 15) is 29.1 Å². The molecule has 2 aromatic rings. The molecule has 62 heavy (non-hydrogen) atoms. The number of benzene rings is 2. The zero-order chi connectivity index (χ0) is 45.4. The largest absolute Gasteiger partial charge is 0.481 e. The van der Waals surface area contributed by atoms with Crippen molar-refractivity contribution in [2.45, 2.75) is 154 Å². The van der Waals surface area contributed by atoms with E-state index in [1.807, 2.05) is 12.1 Å². The van der Waals surface area contributed by atoms with Crippen LogP contribution in [0.2, 0.25) is 0 Å². The van der Waals surface area contributed by atoms with Crippen molar-refractivity contribution in [1.29, 1.82) is 0 Å². The molecule has 0 aromatic heterocycles. The van der Waals surface area contributed by atoms with Gasteiger partial charge in [-0.25, -0.2) is 0 Å². The third kappa shape index (κ3) is 11.4. The van der Waals surface area contributed by atoms with Crippen molar-refractivity contribution in [3.05, 3.63) is 59.7 Å². The molecule has 340 valence electrons. The molecule has 10 atom stereocenters. The first-order valence-corrected chi connectivity index (χ1v) is 22.6. The van der Waals surface area contributed by atoms with Gasteiger partial charge >= 0.3 is 7.12 Å². The highest BCUT2D eigenvalue weighted by Crippen LogP contribution is 2.65. The van der Waals surface area contributed by atoms with E-state index < -0.39 is 78.5 Å². The van der Waals surface area contributed by atoms with E-state index in [4.69, 9.17) is 20.8 Å². The van der Waals surface area contributed by atoms with E-state index in [0.717, 1.165) is 43.2 Å². The fourth-order valence-corrected chi connectivity index (χ4v) is 9.33. The normalized spacial score (nSPS) is 23.9. The van der Waals surface area contributed by atoms with Crippen molar-refractivity contribution in [2.75, 3.05) is 13.1 Å². The number of nitrogens with two attached hydrogens (primary N) is 2. The SMILES string of the molecule is CCCCc1ccc(-c2ccc(C(=O)N[C@@H](CCCCN)C(=O)N[C@H](C(=O)N[C@@H](C)C(=O)N[C@@H](CCN)C(=O)N[C@@H](C)B3OC4C[C@@H]5C[C@@H](C5(C)C)[C@]4(C)O3)C(C)O)cc2)cc1. The fourth-order valence-electron chi connectivity index (χ4n) is 9.33. The maximum Gasteiger partial charge on any atom is 0.481 e. The van der Waals surface area contributed by atoms with Gasteiger partial charge in [-0.05, 0) is 138 Å². The lowest BCUT2D eigenvalue weighted by molar-refractivity contribution is -0.199. The maximum absolute atomic E-state index is 13.7. The summed E-state index contributed by atoms with van der Waals surface area (Å²) in [5, 5.41) is 24.1. The molecule has 1 heterocycles. The molecule has 10 N–H and O–H groups in total. The number of rotatable bonds is 22. The number of nitrogens with one attached hydrogen (secondary N) is 5. The van der Waals surface area contributed by atoms with Crippen LogP contribution >= 0.6 is 0 Å². The van der Waals surface area contributed by atoms with E-state index in [-0.39, 0.29) is 30.9 Å². The standard InChI is InChI=1S/C46H70BN7O8/c1-8-9-12-30-14-16-31(17-15-30)32-18-20-33(21-19-32)41(57)53-35(13-10-11-23-48)43(59)54-39(28(3)55)44(60)50-27(2)40(56)52-36(22-24-49)42(58)51-29(4)47-61-38-26-34-25-37(45(34,5)6)46(38,7)62-47/h14-21,27-29,34-39,55H,8-13,22-26,48-49H2,1-7H3,(H,50,60)(H,51,58)(H,52,56)(H,53,57)(H,54,59)/t27-,28?,29-,34-,35-,36-,37-,38?,39-,46-/m0/s1. The number of aliphatic hydroxyl groups excluding tert-OH is 1. The number of unbranched alkanes of at least 4 members (excludes halogenated alkanes) is 2. The summed E-state index contributed by atoms with van der Waals surface area (Å²) >= 11 is 0. The third-order valence-electron chi connectivity index (χ3n) is 13.5. The molecule has 4 aliphatic rings. The number of aryl methyl sites for hydroxylation is 1. The van der Waals surface area contributed by atoms with Crippen LogP contribution in [-0.4, -0.2) is 103 Å². The topological polar surface area (TPSA) is 236 Å². The third-order valence-corrected chi connectivity index (χ3v) is 13.5. The predicted molar refractivity (Wildman–Crippen MR) is 239 cm³/mol. The number of hydrogen-bond acceptors (Lipinski definition) is 10. The van der Waals surface area contributed by atoms with Gasteiger partial charge in [0.25, 0.3) is 5.91 Å². The molecular formula is C46H70BN7O8. The first-order chi connectivity index (χ1) is 29.4. The van der Waals surface area contributed by atoms with Crippen LogP contribution in [0, 0.1) is 17.3 Å². The van der Waals surface area contributed by atoms with Gasteiger partial charge in [-0.2, -0.15) is 0 Å². The smallest absolute Gasteiger partial charge is 0.404 e. The molecule has 0 radical (unpaired) electrons. The van der Waals surface area contributed by atoms with Crippen LogP contribution < -0.4 is 38.1 Å². The molecule has 16 heteroatoms. The summed E-state index contributed by atoms with van der Waals surface area (Å²) in [7, 11) is -0.659. The van der Waals surface area contributed by atoms with Gasteiger partial charge in [-0.15, -0.1) is 0 Å². The van der Waals surface area contributed by atoms with Crippen LogP contribution in [0.4, 0.5) is 0 Å². The molecule has 1 saturated heterocycles. The zero-order valence-electron chi connectivity index (χ0n) is 37.6. The minimum Gasteiger partial charge on any atom is -0.404 e. The predicted octanol–water partition coefficient (Wildman–Crippen LogP) is 2.90. The molecule has 2 unspecified atom stereocenters. The van der Waals surface area contributed by atoms with Gasteiger partial charge in [0.1, 0.15) is 24.2 Å². The Labute approximate surface area is 367 Å². The highest BCUT2D eigenvalue weighted by atomic mass is 16.7. The summed E-state index contributed by atoms with van der Waals surface area (Å²) in [6, 6.07) is 10.7. The van der Waals surface area contributed by atoms with Gasteiger partial charge in [0.2, 0.25) is 23.6 Å². The molecule has 2 bridgehead atoms. The summed E-state index contributed by atoms with van der Waals surface area (Å²) in [5.74, 6) is -2.75. The minimum absolute atomic E-state index is 0.0591.